The summed E-state index contributed by atoms with van der Waals surface area (Å²) < 4.78 is 3.88. The molecule has 0 heterocycles. The predicted molar refractivity (Wildman–Crippen MR) is 18.9 cm³/mol. The monoisotopic (exact) mass is 267 g/mol. The first-order valence-electron chi connectivity index (χ1n) is 0.309. The number of hydrogen-bond acceptors (Lipinski definition) is 1. The zero-order valence-corrected chi connectivity index (χ0v) is 6.98. The molecule has 0 unspecified atom stereocenters. The van der Waals surface area contributed by atoms with Crippen LogP contribution in [0.3, 0.4) is 0 Å². The Balaban J connectivity index is 0. The molecule has 0 bridgehead atoms. The van der Waals surface area contributed by atoms with Gasteiger partial charge in [-0.2, -0.15) is 0 Å². The molecule has 20 valence electrons. The molecule has 0 atom stereocenters. The van der Waals surface area contributed by atoms with Crippen LogP contribution in [-0.2, 0) is 25.3 Å². The van der Waals surface area contributed by atoms with E-state index in [1.54, 1.807) is 0 Å². The maximum absolute atomic E-state index is 3.88. The van der Waals surface area contributed by atoms with Crippen LogP contribution in [0, 0.1) is 0 Å². The fraction of sp³-hybridized carbons (Fsp3) is 0. The average molecular weight is 269 g/mol. The van der Waals surface area contributed by atoms with Gasteiger partial charge in [0.2, 0.25) is 0 Å². The summed E-state index contributed by atoms with van der Waals surface area (Å²) >= 11 is 5.12. The number of hydrogen-bond donors (Lipinski definition) is 0. The van der Waals surface area contributed by atoms with E-state index in [0.717, 1.165) is 0 Å². The zero-order valence-electron chi connectivity index (χ0n) is 1.61. The minimum atomic E-state index is 0. The SMILES string of the molecule is BrOBr.[Nb+5]. The van der Waals surface area contributed by atoms with Crippen LogP contribution < -0.4 is 0 Å². The Kier molecular flexibility index (Phi) is 20.2. The van der Waals surface area contributed by atoms with E-state index in [-0.39, 0.29) is 22.4 Å². The molecule has 0 aliphatic heterocycles. The molecule has 4 heteroatoms. The molecule has 0 amide bonds. The van der Waals surface area contributed by atoms with Gasteiger partial charge in [0, 0.05) is 0 Å². The molecule has 4 heavy (non-hydrogen) atoms. The molecular formula is Br2NbO+5. The van der Waals surface area contributed by atoms with Crippen LogP contribution in [0.25, 0.3) is 0 Å². The molecule has 0 saturated heterocycles. The van der Waals surface area contributed by atoms with Crippen LogP contribution in [0.2, 0.25) is 0 Å². The quantitative estimate of drug-likeness (QED) is 0.607. The van der Waals surface area contributed by atoms with Crippen molar-refractivity contribution in [1.29, 1.82) is 0 Å². The molecule has 0 aliphatic carbocycles. The minimum absolute atomic E-state index is 0. The van der Waals surface area contributed by atoms with Crippen molar-refractivity contribution in [2.24, 2.45) is 0 Å². The van der Waals surface area contributed by atoms with Gasteiger partial charge in [-0.3, -0.25) is 0 Å². The van der Waals surface area contributed by atoms with Crippen LogP contribution in [0.4, 0.5) is 0 Å². The Morgan fingerprint density at radius 3 is 1.25 bits per heavy atom. The van der Waals surface area contributed by atoms with Gasteiger partial charge in [0.25, 0.3) is 0 Å². The Bertz CT molecular complexity index is 6.00. The van der Waals surface area contributed by atoms with Gasteiger partial charge in [0.1, 0.15) is 32.5 Å². The van der Waals surface area contributed by atoms with E-state index in [9.17, 15) is 0 Å². The Morgan fingerprint density at radius 1 is 1.25 bits per heavy atom. The molecule has 0 aromatic rings. The Labute approximate surface area is 57.5 Å². The van der Waals surface area contributed by atoms with Crippen LogP contribution in [0.15, 0.2) is 0 Å². The Morgan fingerprint density at radius 2 is 1.25 bits per heavy atom. The third-order valence-corrected chi connectivity index (χ3v) is 0. The molecule has 0 N–H and O–H groups in total. The predicted octanol–water partition coefficient (Wildman–Crippen LogP) is 1.62. The maximum atomic E-state index is 3.88. The van der Waals surface area contributed by atoms with Crippen LogP contribution in [0.5, 0.6) is 0 Å². The van der Waals surface area contributed by atoms with Gasteiger partial charge in [-0.05, 0) is 0 Å². The first kappa shape index (κ1) is 9.18. The third kappa shape index (κ3) is 9.40. The molecule has 0 aromatic carbocycles. The van der Waals surface area contributed by atoms with Crippen molar-refractivity contribution in [3.63, 3.8) is 0 Å². The molecule has 0 spiro atoms. The van der Waals surface area contributed by atoms with E-state index in [4.69, 9.17) is 0 Å². The largest absolute Gasteiger partial charge is 5.00 e. The van der Waals surface area contributed by atoms with Crippen molar-refractivity contribution in [2.45, 2.75) is 0 Å². The van der Waals surface area contributed by atoms with E-state index in [1.165, 1.54) is 0 Å². The smallest absolute Gasteiger partial charge is 0.230 e. The van der Waals surface area contributed by atoms with Crippen molar-refractivity contribution >= 4 is 32.5 Å². The van der Waals surface area contributed by atoms with Gasteiger partial charge in [-0.15, -0.1) is 0 Å². The van der Waals surface area contributed by atoms with E-state index in [2.05, 4.69) is 35.4 Å². The molecule has 0 saturated carbocycles. The van der Waals surface area contributed by atoms with Gasteiger partial charge in [0.15, 0.2) is 0 Å². The Hall–Kier alpha value is 1.66. The van der Waals surface area contributed by atoms with Gasteiger partial charge in [-0.1, -0.05) is 0 Å². The maximum Gasteiger partial charge on any atom is 5.00 e. The standard InChI is InChI=1S/Br2O.Nb/c1-3-2;/q;+5. The second-order valence-corrected chi connectivity index (χ2v) is 1.57. The van der Waals surface area contributed by atoms with E-state index >= 15 is 0 Å². The number of rotatable bonds is 0. The number of halogens is 2. The van der Waals surface area contributed by atoms with Gasteiger partial charge in [-0.25, -0.2) is 2.92 Å². The van der Waals surface area contributed by atoms with Crippen LogP contribution in [0.1, 0.15) is 0 Å². The average Bonchev–Trinajstić information content (AvgIpc) is 0.918. The van der Waals surface area contributed by atoms with Gasteiger partial charge < -0.3 is 0 Å². The summed E-state index contributed by atoms with van der Waals surface area (Å²) in [4.78, 5) is 0. The van der Waals surface area contributed by atoms with E-state index in [0.29, 0.717) is 0 Å². The van der Waals surface area contributed by atoms with Crippen molar-refractivity contribution in [3.05, 3.63) is 0 Å². The van der Waals surface area contributed by atoms with E-state index in [1.807, 2.05) is 0 Å². The van der Waals surface area contributed by atoms with Crippen molar-refractivity contribution in [3.8, 4) is 0 Å². The summed E-state index contributed by atoms with van der Waals surface area (Å²) in [5, 5.41) is 0. The summed E-state index contributed by atoms with van der Waals surface area (Å²) in [6.45, 7) is 0. The summed E-state index contributed by atoms with van der Waals surface area (Å²) in [5.41, 5.74) is 0. The van der Waals surface area contributed by atoms with Gasteiger partial charge in [0.05, 0.1) is 0 Å². The fourth-order valence-electron chi connectivity index (χ4n) is 0. The first-order chi connectivity index (χ1) is 1.41. The van der Waals surface area contributed by atoms with E-state index < -0.39 is 0 Å². The molecule has 1 nitrogen and oxygen atoms in total. The molecule has 0 aromatic heterocycles. The molecule has 0 radical (unpaired) electrons. The van der Waals surface area contributed by atoms with Crippen LogP contribution >= 0.6 is 32.5 Å². The summed E-state index contributed by atoms with van der Waals surface area (Å²) in [5.74, 6) is 0. The normalized spacial score (nSPS) is 4.50. The van der Waals surface area contributed by atoms with Crippen molar-refractivity contribution < 1.29 is 25.3 Å². The second kappa shape index (κ2) is 8.82. The summed E-state index contributed by atoms with van der Waals surface area (Å²) in [6, 6.07) is 0. The zero-order chi connectivity index (χ0) is 2.71. The molecule has 0 rings (SSSR count). The van der Waals surface area contributed by atoms with Crippen LogP contribution in [-0.4, -0.2) is 0 Å². The topological polar surface area (TPSA) is 9.23 Å². The second-order valence-electron chi connectivity index (χ2n) is 0.0583. The van der Waals surface area contributed by atoms with Crippen molar-refractivity contribution in [1.82, 2.24) is 0 Å². The fourth-order valence-corrected chi connectivity index (χ4v) is 0. The first-order valence-corrected chi connectivity index (χ1v) is 1.60. The molecule has 0 fully saturated rings. The third-order valence-electron chi connectivity index (χ3n) is 0. The molecule has 0 aliphatic rings. The summed E-state index contributed by atoms with van der Waals surface area (Å²) in [6.07, 6.45) is 0. The minimum Gasteiger partial charge on any atom is -0.230 e. The molecular weight excluding hydrogens is 269 g/mol. The summed E-state index contributed by atoms with van der Waals surface area (Å²) in [7, 11) is 0. The van der Waals surface area contributed by atoms with Crippen molar-refractivity contribution in [2.75, 3.05) is 0 Å². The van der Waals surface area contributed by atoms with Gasteiger partial charge >= 0.3 is 22.4 Å².